The van der Waals surface area contributed by atoms with E-state index < -0.39 is 29.0 Å². The van der Waals surface area contributed by atoms with Crippen LogP contribution in [0, 0.1) is 0 Å². The van der Waals surface area contributed by atoms with Crippen LogP contribution in [-0.2, 0) is 11.3 Å². The molecular formula is C25H18F3N3O4S. The van der Waals surface area contributed by atoms with Crippen LogP contribution in [0.2, 0.25) is 0 Å². The van der Waals surface area contributed by atoms with Crippen molar-refractivity contribution in [3.8, 4) is 5.88 Å². The quantitative estimate of drug-likeness (QED) is 0.249. The van der Waals surface area contributed by atoms with Crippen molar-refractivity contribution in [2.24, 2.45) is 0 Å². The summed E-state index contributed by atoms with van der Waals surface area (Å²) in [5, 5.41) is 0. The van der Waals surface area contributed by atoms with E-state index in [1.807, 2.05) is 0 Å². The summed E-state index contributed by atoms with van der Waals surface area (Å²) in [5.41, 5.74) is -4.25. The van der Waals surface area contributed by atoms with Gasteiger partial charge in [-0.2, -0.15) is 13.2 Å². The highest BCUT2D eigenvalue weighted by molar-refractivity contribution is 8.00. The molecule has 2 fully saturated rings. The summed E-state index contributed by atoms with van der Waals surface area (Å²) in [6.07, 6.45) is 2.41. The van der Waals surface area contributed by atoms with Crippen LogP contribution in [0.1, 0.15) is 28.8 Å². The number of halogens is 3. The Balaban J connectivity index is 1.33. The molecule has 2 aromatic carbocycles. The summed E-state index contributed by atoms with van der Waals surface area (Å²) < 4.78 is 43.2. The van der Waals surface area contributed by atoms with Crippen molar-refractivity contribution < 1.29 is 32.3 Å². The van der Waals surface area contributed by atoms with E-state index >= 15 is 0 Å². The average molecular weight is 513 g/mol. The lowest BCUT2D eigenvalue weighted by molar-refractivity contribution is -0.120. The standard InChI is InChI=1S/C25H18F3N3O4S/c26-25(27,28)36-19-8-6-18(7-9-19)31-22(33)24(11-12-24)30(23(31)34)15-16-10-13-29-20(14-16)35-21(32)17-4-2-1-3-5-17/h1-10,13-14H,11-12,15H2. The third-order valence-corrected chi connectivity index (χ3v) is 6.68. The molecule has 7 nitrogen and oxygen atoms in total. The monoisotopic (exact) mass is 513 g/mol. The van der Waals surface area contributed by atoms with E-state index in [9.17, 15) is 27.6 Å². The second-order valence-corrected chi connectivity index (χ2v) is 9.48. The van der Waals surface area contributed by atoms with Gasteiger partial charge in [0.05, 0.1) is 11.3 Å². The normalized spacial score (nSPS) is 16.5. The van der Waals surface area contributed by atoms with Crippen molar-refractivity contribution >= 4 is 35.4 Å². The number of rotatable bonds is 6. The Morgan fingerprint density at radius 2 is 1.72 bits per heavy atom. The Hall–Kier alpha value is -3.86. The number of aromatic nitrogens is 1. The van der Waals surface area contributed by atoms with Crippen molar-refractivity contribution in [3.63, 3.8) is 0 Å². The molecule has 0 radical (unpaired) electrons. The van der Waals surface area contributed by atoms with Gasteiger partial charge in [0.15, 0.2) is 0 Å². The van der Waals surface area contributed by atoms with Crippen LogP contribution in [0.25, 0.3) is 0 Å². The Bertz CT molecular complexity index is 1330. The fourth-order valence-corrected chi connectivity index (χ4v) is 4.61. The maximum absolute atomic E-state index is 13.3. The van der Waals surface area contributed by atoms with Gasteiger partial charge in [-0.25, -0.2) is 19.5 Å². The molecule has 1 aliphatic carbocycles. The number of nitrogens with zero attached hydrogens (tertiary/aromatic N) is 3. The molecule has 11 heteroatoms. The molecule has 0 atom stereocenters. The van der Waals surface area contributed by atoms with Crippen LogP contribution in [0.5, 0.6) is 5.88 Å². The molecule has 3 aromatic rings. The largest absolute Gasteiger partial charge is 0.446 e. The van der Waals surface area contributed by atoms with Gasteiger partial charge in [0, 0.05) is 23.7 Å². The molecule has 2 aliphatic rings. The smallest absolute Gasteiger partial charge is 0.404 e. The molecule has 2 heterocycles. The van der Waals surface area contributed by atoms with E-state index in [1.54, 1.807) is 36.4 Å². The number of ether oxygens (including phenoxy) is 1. The number of amides is 3. The summed E-state index contributed by atoms with van der Waals surface area (Å²) in [5.74, 6) is -0.933. The molecule has 5 rings (SSSR count). The fourth-order valence-electron chi connectivity index (χ4n) is 4.08. The number of thioether (sulfide) groups is 1. The second-order valence-electron chi connectivity index (χ2n) is 8.34. The molecule has 1 spiro atoms. The number of carbonyl (C=O) groups excluding carboxylic acids is 3. The molecule has 36 heavy (non-hydrogen) atoms. The molecule has 1 saturated heterocycles. The van der Waals surface area contributed by atoms with Crippen molar-refractivity contribution in [1.82, 2.24) is 9.88 Å². The SMILES string of the molecule is O=C(Oc1cc(CN2C(=O)N(c3ccc(SC(F)(F)F)cc3)C(=O)C23CC3)ccn1)c1ccccc1. The summed E-state index contributed by atoms with van der Waals surface area (Å²) in [4.78, 5) is 45.3. The molecule has 1 aromatic heterocycles. The van der Waals surface area contributed by atoms with Gasteiger partial charge in [0.2, 0.25) is 5.88 Å². The van der Waals surface area contributed by atoms with E-state index in [0.717, 1.165) is 4.90 Å². The number of urea groups is 1. The topological polar surface area (TPSA) is 79.8 Å². The number of benzene rings is 2. The number of alkyl halides is 3. The van der Waals surface area contributed by atoms with Gasteiger partial charge in [-0.15, -0.1) is 0 Å². The maximum atomic E-state index is 13.3. The Morgan fingerprint density at radius 3 is 2.36 bits per heavy atom. The van der Waals surface area contributed by atoms with Gasteiger partial charge in [0.1, 0.15) is 5.54 Å². The van der Waals surface area contributed by atoms with Crippen molar-refractivity contribution in [2.75, 3.05) is 4.90 Å². The van der Waals surface area contributed by atoms with Gasteiger partial charge in [-0.1, -0.05) is 18.2 Å². The molecule has 0 unspecified atom stereocenters. The molecule has 1 saturated carbocycles. The van der Waals surface area contributed by atoms with Gasteiger partial charge >= 0.3 is 17.5 Å². The van der Waals surface area contributed by atoms with Crippen LogP contribution < -0.4 is 9.64 Å². The average Bonchev–Trinajstić information content (AvgIpc) is 3.62. The number of pyridine rings is 1. The minimum atomic E-state index is -4.44. The first-order valence-electron chi connectivity index (χ1n) is 10.9. The van der Waals surface area contributed by atoms with Crippen molar-refractivity contribution in [2.45, 2.75) is 35.3 Å². The predicted molar refractivity (Wildman–Crippen MR) is 124 cm³/mol. The van der Waals surface area contributed by atoms with Crippen LogP contribution in [0.3, 0.4) is 0 Å². The van der Waals surface area contributed by atoms with Crippen molar-refractivity contribution in [1.29, 1.82) is 0 Å². The first-order valence-corrected chi connectivity index (χ1v) is 11.7. The van der Waals surface area contributed by atoms with Crippen LogP contribution >= 0.6 is 11.8 Å². The lowest BCUT2D eigenvalue weighted by Crippen LogP contribution is -2.36. The summed E-state index contributed by atoms with van der Waals surface area (Å²) >= 11 is -0.269. The third-order valence-electron chi connectivity index (χ3n) is 5.94. The molecule has 184 valence electrons. The van der Waals surface area contributed by atoms with E-state index in [0.29, 0.717) is 24.0 Å². The Labute approximate surface area is 207 Å². The van der Waals surface area contributed by atoms with E-state index in [1.165, 1.54) is 41.4 Å². The molecule has 0 N–H and O–H groups in total. The zero-order valence-electron chi connectivity index (χ0n) is 18.6. The van der Waals surface area contributed by atoms with Crippen molar-refractivity contribution in [3.05, 3.63) is 84.1 Å². The lowest BCUT2D eigenvalue weighted by Gasteiger charge is -2.21. The summed E-state index contributed by atoms with van der Waals surface area (Å²) in [6.45, 7) is 0.0709. The first kappa shape index (κ1) is 23.9. The number of hydrogen-bond donors (Lipinski definition) is 0. The summed E-state index contributed by atoms with van der Waals surface area (Å²) in [6, 6.07) is 16.2. The van der Waals surface area contributed by atoms with Crippen LogP contribution in [0.4, 0.5) is 23.7 Å². The first-order chi connectivity index (χ1) is 17.2. The minimum Gasteiger partial charge on any atom is -0.404 e. The predicted octanol–water partition coefficient (Wildman–Crippen LogP) is 5.41. The maximum Gasteiger partial charge on any atom is 0.446 e. The highest BCUT2D eigenvalue weighted by Crippen LogP contribution is 2.50. The number of esters is 1. The number of imide groups is 1. The zero-order chi connectivity index (χ0) is 25.5. The highest BCUT2D eigenvalue weighted by atomic mass is 32.2. The van der Waals surface area contributed by atoms with E-state index in [-0.39, 0.29) is 34.8 Å². The summed E-state index contributed by atoms with van der Waals surface area (Å²) in [7, 11) is 0. The minimum absolute atomic E-state index is 0.0438. The lowest BCUT2D eigenvalue weighted by atomic mass is 10.2. The number of hydrogen-bond acceptors (Lipinski definition) is 6. The molecular weight excluding hydrogens is 495 g/mol. The third kappa shape index (κ3) is 4.66. The van der Waals surface area contributed by atoms with Gasteiger partial charge in [-0.3, -0.25) is 4.79 Å². The molecule has 3 amide bonds. The highest BCUT2D eigenvalue weighted by Gasteiger charge is 2.65. The van der Waals surface area contributed by atoms with Gasteiger partial charge in [-0.05, 0) is 72.6 Å². The van der Waals surface area contributed by atoms with E-state index in [4.69, 9.17) is 4.74 Å². The van der Waals surface area contributed by atoms with E-state index in [2.05, 4.69) is 4.98 Å². The Morgan fingerprint density at radius 1 is 1.03 bits per heavy atom. The second kappa shape index (κ2) is 8.98. The fraction of sp³-hybridized carbons (Fsp3) is 0.200. The zero-order valence-corrected chi connectivity index (χ0v) is 19.4. The number of anilines is 1. The van der Waals surface area contributed by atoms with Gasteiger partial charge < -0.3 is 9.64 Å². The number of carbonyl (C=O) groups is 3. The Kier molecular flexibility index (Phi) is 5.95. The van der Waals surface area contributed by atoms with Crippen LogP contribution in [-0.4, -0.2) is 38.8 Å². The van der Waals surface area contributed by atoms with Crippen LogP contribution in [0.15, 0.2) is 77.8 Å². The molecule has 0 bridgehead atoms. The molecule has 1 aliphatic heterocycles. The van der Waals surface area contributed by atoms with Gasteiger partial charge in [0.25, 0.3) is 5.91 Å².